The number of rotatable bonds is 4. The van der Waals surface area contributed by atoms with E-state index < -0.39 is 50.9 Å². The number of anilines is 2. The quantitative estimate of drug-likeness (QED) is 0.130. The summed E-state index contributed by atoms with van der Waals surface area (Å²) in [7, 11) is 0. The molecule has 12 heteroatoms. The molecule has 1 aliphatic rings. The number of piperidine rings is 1. The highest BCUT2D eigenvalue weighted by atomic mass is 35.5. The Morgan fingerprint density at radius 2 is 1.82 bits per heavy atom. The lowest BCUT2D eigenvalue weighted by molar-refractivity contribution is 0.451. The van der Waals surface area contributed by atoms with Crippen LogP contribution in [0.5, 0.6) is 0 Å². The fraction of sp³-hybridized carbons (Fsp3) is 0.357. The number of fused-ring (bicyclic) bond motifs is 1. The van der Waals surface area contributed by atoms with Crippen LogP contribution in [-0.2, 0) is 0 Å². The van der Waals surface area contributed by atoms with Crippen LogP contribution in [0.2, 0.25) is 5.02 Å². The van der Waals surface area contributed by atoms with Gasteiger partial charge in [0.15, 0.2) is 28.9 Å². The average Bonchev–Trinajstić information content (AvgIpc) is 2.92. The minimum absolute atomic E-state index is 0.00618. The second-order valence-corrected chi connectivity index (χ2v) is 10.7. The fourth-order valence-electron chi connectivity index (χ4n) is 5.26. The van der Waals surface area contributed by atoms with Gasteiger partial charge in [-0.15, -0.1) is 0 Å². The van der Waals surface area contributed by atoms with E-state index in [-0.39, 0.29) is 28.8 Å². The molecule has 1 saturated heterocycles. The van der Waals surface area contributed by atoms with Gasteiger partial charge in [0.05, 0.1) is 33.0 Å². The number of nitrogens with two attached hydrogens (primary N) is 1. The van der Waals surface area contributed by atoms with E-state index in [2.05, 4.69) is 15.0 Å². The van der Waals surface area contributed by atoms with Crippen LogP contribution in [0.4, 0.5) is 29.1 Å². The zero-order chi connectivity index (χ0) is 29.0. The number of halogens is 5. The SMILES string of the molecule is Cc1ccnc(C(C)C)c1-n1c(=O)nc(N2CCCC[C@@H]2C)c2cc(F)c(-c3c(F)c(F)c(F)c(N)c3Cl)nc21. The lowest BCUT2D eigenvalue weighted by Gasteiger charge is -2.35. The highest BCUT2D eigenvalue weighted by molar-refractivity contribution is 6.35. The van der Waals surface area contributed by atoms with Gasteiger partial charge >= 0.3 is 5.69 Å². The fourth-order valence-corrected chi connectivity index (χ4v) is 5.51. The van der Waals surface area contributed by atoms with Gasteiger partial charge < -0.3 is 10.6 Å². The van der Waals surface area contributed by atoms with Crippen molar-refractivity contribution in [2.75, 3.05) is 17.2 Å². The van der Waals surface area contributed by atoms with E-state index in [0.29, 0.717) is 23.5 Å². The smallest absolute Gasteiger partial charge is 0.355 e. The molecule has 1 aromatic carbocycles. The minimum Gasteiger partial charge on any atom is -0.395 e. The summed E-state index contributed by atoms with van der Waals surface area (Å²) in [6.07, 6.45) is 4.29. The number of aryl methyl sites for hydroxylation is 1. The van der Waals surface area contributed by atoms with Crippen LogP contribution in [0.3, 0.4) is 0 Å². The van der Waals surface area contributed by atoms with Crippen molar-refractivity contribution < 1.29 is 17.6 Å². The summed E-state index contributed by atoms with van der Waals surface area (Å²) in [6, 6.07) is 2.77. The van der Waals surface area contributed by atoms with Crippen molar-refractivity contribution in [2.24, 2.45) is 0 Å². The van der Waals surface area contributed by atoms with Crippen molar-refractivity contribution in [3.05, 3.63) is 68.4 Å². The lowest BCUT2D eigenvalue weighted by Crippen LogP contribution is -2.40. The molecule has 0 unspecified atom stereocenters. The second-order valence-electron chi connectivity index (χ2n) is 10.3. The summed E-state index contributed by atoms with van der Waals surface area (Å²) in [5.74, 6) is -6.35. The molecular formula is C28H27ClF4N6O. The number of hydrogen-bond donors (Lipinski definition) is 1. The predicted octanol–water partition coefficient (Wildman–Crippen LogP) is 6.45. The Morgan fingerprint density at radius 3 is 2.50 bits per heavy atom. The molecule has 1 atom stereocenters. The summed E-state index contributed by atoms with van der Waals surface area (Å²) in [5.41, 5.74) is 3.92. The molecule has 4 aromatic rings. The van der Waals surface area contributed by atoms with Gasteiger partial charge in [0.1, 0.15) is 11.5 Å². The molecule has 0 spiro atoms. The molecular weight excluding hydrogens is 548 g/mol. The van der Waals surface area contributed by atoms with Crippen molar-refractivity contribution in [1.29, 1.82) is 0 Å². The number of aromatic nitrogens is 4. The molecule has 4 heterocycles. The molecule has 0 amide bonds. The highest BCUT2D eigenvalue weighted by Crippen LogP contribution is 2.40. The van der Waals surface area contributed by atoms with Crippen LogP contribution < -0.4 is 16.3 Å². The largest absolute Gasteiger partial charge is 0.395 e. The maximum absolute atomic E-state index is 15.8. The molecule has 0 aliphatic carbocycles. The van der Waals surface area contributed by atoms with Crippen LogP contribution in [0.1, 0.15) is 57.2 Å². The van der Waals surface area contributed by atoms with Crippen LogP contribution in [0, 0.1) is 30.2 Å². The molecule has 7 nitrogen and oxygen atoms in total. The van der Waals surface area contributed by atoms with Crippen molar-refractivity contribution >= 4 is 34.1 Å². The van der Waals surface area contributed by atoms with E-state index in [4.69, 9.17) is 17.3 Å². The second kappa shape index (κ2) is 10.3. The summed E-state index contributed by atoms with van der Waals surface area (Å²) in [5, 5.41) is -0.560. The van der Waals surface area contributed by atoms with E-state index in [1.54, 1.807) is 19.2 Å². The summed E-state index contributed by atoms with van der Waals surface area (Å²) >= 11 is 6.11. The van der Waals surface area contributed by atoms with Crippen molar-refractivity contribution in [1.82, 2.24) is 19.5 Å². The van der Waals surface area contributed by atoms with Crippen molar-refractivity contribution in [3.63, 3.8) is 0 Å². The predicted molar refractivity (Wildman–Crippen MR) is 147 cm³/mol. The molecule has 0 saturated carbocycles. The van der Waals surface area contributed by atoms with Gasteiger partial charge in [-0.2, -0.15) is 4.98 Å². The Morgan fingerprint density at radius 1 is 1.10 bits per heavy atom. The molecule has 2 N–H and O–H groups in total. The van der Waals surface area contributed by atoms with Crippen LogP contribution in [0.15, 0.2) is 23.1 Å². The molecule has 1 fully saturated rings. The summed E-state index contributed by atoms with van der Waals surface area (Å²) in [6.45, 7) is 8.14. The standard InChI is InChI=1S/C28H27ClF4N6O/c1-12(2)23-25(13(3)8-9-35-23)39-27-15(26(37-28(39)40)38-10-6-5-7-14(38)4)11-16(30)24(36-27)17-18(29)22(34)21(33)20(32)19(17)31/h8-9,11-12,14H,5-7,10,34H2,1-4H3/t14-/m0/s1. The number of pyridine rings is 2. The van der Waals surface area contributed by atoms with Crippen LogP contribution >= 0.6 is 11.6 Å². The highest BCUT2D eigenvalue weighted by Gasteiger charge is 2.30. The van der Waals surface area contributed by atoms with Gasteiger partial charge in [-0.3, -0.25) is 4.98 Å². The molecule has 210 valence electrons. The number of benzene rings is 1. The maximum Gasteiger partial charge on any atom is 0.355 e. The van der Waals surface area contributed by atoms with Gasteiger partial charge in [-0.1, -0.05) is 25.4 Å². The average molecular weight is 575 g/mol. The first-order chi connectivity index (χ1) is 18.9. The monoisotopic (exact) mass is 574 g/mol. The number of hydrogen-bond acceptors (Lipinski definition) is 6. The van der Waals surface area contributed by atoms with E-state index in [1.807, 2.05) is 25.7 Å². The first kappa shape index (κ1) is 27.8. The van der Waals surface area contributed by atoms with Gasteiger partial charge in [0.2, 0.25) is 0 Å². The third-order valence-electron chi connectivity index (χ3n) is 7.34. The Kier molecular flexibility index (Phi) is 7.20. The molecule has 1 aliphatic heterocycles. The molecule has 0 radical (unpaired) electrons. The topological polar surface area (TPSA) is 89.9 Å². The lowest BCUT2D eigenvalue weighted by atomic mass is 10.0. The molecule has 0 bridgehead atoms. The Labute approximate surface area is 232 Å². The Bertz CT molecular complexity index is 1700. The first-order valence-electron chi connectivity index (χ1n) is 12.9. The molecule has 40 heavy (non-hydrogen) atoms. The zero-order valence-electron chi connectivity index (χ0n) is 22.3. The summed E-state index contributed by atoms with van der Waals surface area (Å²) in [4.78, 5) is 28.9. The first-order valence-corrected chi connectivity index (χ1v) is 13.3. The van der Waals surface area contributed by atoms with E-state index >= 15 is 8.78 Å². The van der Waals surface area contributed by atoms with Crippen molar-refractivity contribution in [3.8, 4) is 16.9 Å². The number of nitrogens with zero attached hydrogens (tertiary/aromatic N) is 5. The molecule has 5 rings (SSSR count). The summed E-state index contributed by atoms with van der Waals surface area (Å²) < 4.78 is 60.6. The van der Waals surface area contributed by atoms with Gasteiger partial charge in [-0.25, -0.2) is 31.9 Å². The van der Waals surface area contributed by atoms with Crippen molar-refractivity contribution in [2.45, 2.75) is 58.9 Å². The van der Waals surface area contributed by atoms with Crippen LogP contribution in [-0.4, -0.2) is 32.1 Å². The third kappa shape index (κ3) is 4.36. The zero-order valence-corrected chi connectivity index (χ0v) is 23.1. The number of nitrogen functional groups attached to an aromatic ring is 1. The van der Waals surface area contributed by atoms with E-state index in [0.717, 1.165) is 25.3 Å². The van der Waals surface area contributed by atoms with E-state index in [1.165, 1.54) is 4.57 Å². The van der Waals surface area contributed by atoms with E-state index in [9.17, 15) is 13.6 Å². The van der Waals surface area contributed by atoms with Gasteiger partial charge in [0.25, 0.3) is 0 Å². The molecule has 3 aromatic heterocycles. The minimum atomic E-state index is -1.92. The van der Waals surface area contributed by atoms with Gasteiger partial charge in [0, 0.05) is 18.8 Å². The Hall–Kier alpha value is -3.73. The Balaban J connectivity index is 1.95. The normalized spacial score (nSPS) is 15.8. The van der Waals surface area contributed by atoms with Crippen LogP contribution in [0.25, 0.3) is 28.0 Å². The van der Waals surface area contributed by atoms with Gasteiger partial charge in [-0.05, 0) is 56.7 Å². The third-order valence-corrected chi connectivity index (χ3v) is 7.73. The maximum atomic E-state index is 15.8.